The molecule has 0 saturated carbocycles. The molecule has 0 spiro atoms. The van der Waals surface area contributed by atoms with Crippen molar-refractivity contribution in [3.8, 4) is 11.1 Å². The highest BCUT2D eigenvalue weighted by atomic mass is 15.2. The van der Waals surface area contributed by atoms with Crippen molar-refractivity contribution in [3.63, 3.8) is 0 Å². The second kappa shape index (κ2) is 7.82. The third-order valence-corrected chi connectivity index (χ3v) is 4.40. The lowest BCUT2D eigenvalue weighted by molar-refractivity contribution is 0.351. The summed E-state index contributed by atoms with van der Waals surface area (Å²) in [5.41, 5.74) is 6.16. The smallest absolute Gasteiger partial charge is 0.0367 e. The molecule has 120 valence electrons. The number of likely N-dealkylation sites (N-methyl/N-ethyl adjacent to an activating group) is 1. The molecule has 0 aromatic heterocycles. The predicted molar refractivity (Wildman–Crippen MR) is 101 cm³/mol. The summed E-state index contributed by atoms with van der Waals surface area (Å²) in [6.07, 6.45) is 2.07. The fourth-order valence-corrected chi connectivity index (χ4v) is 2.95. The van der Waals surface area contributed by atoms with Crippen molar-refractivity contribution in [1.82, 2.24) is 4.90 Å². The van der Waals surface area contributed by atoms with Crippen molar-refractivity contribution in [1.29, 1.82) is 0 Å². The molecule has 0 radical (unpaired) electrons. The van der Waals surface area contributed by atoms with Gasteiger partial charge >= 0.3 is 0 Å². The van der Waals surface area contributed by atoms with Crippen molar-refractivity contribution in [3.05, 3.63) is 84.6 Å². The topological polar surface area (TPSA) is 3.24 Å². The molecule has 1 nitrogen and oxygen atoms in total. The van der Waals surface area contributed by atoms with E-state index in [0.717, 1.165) is 18.5 Å². The fraction of sp³-hybridized carbons (Fsp3) is 0.273. The highest BCUT2D eigenvalue weighted by Gasteiger charge is 2.26. The molecule has 2 aromatic carbocycles. The lowest BCUT2D eigenvalue weighted by Gasteiger charge is -2.22. The largest absolute Gasteiger partial charge is 0.371 e. The maximum atomic E-state index is 4.09. The van der Waals surface area contributed by atoms with E-state index in [0.29, 0.717) is 6.04 Å². The zero-order valence-electron chi connectivity index (χ0n) is 14.5. The van der Waals surface area contributed by atoms with Gasteiger partial charge in [-0.15, -0.1) is 0 Å². The molecule has 0 aliphatic carbocycles. The quantitative estimate of drug-likeness (QED) is 0.703. The lowest BCUT2D eigenvalue weighted by Crippen LogP contribution is -2.25. The average molecular weight is 305 g/mol. The normalized spacial score (nSPS) is 17.0. The van der Waals surface area contributed by atoms with Crippen LogP contribution in [-0.2, 0) is 6.42 Å². The molecule has 1 unspecified atom stereocenters. The highest BCUT2D eigenvalue weighted by molar-refractivity contribution is 5.63. The summed E-state index contributed by atoms with van der Waals surface area (Å²) in [4.78, 5) is 2.26. The fourth-order valence-electron chi connectivity index (χ4n) is 2.95. The molecule has 0 bridgehead atoms. The Morgan fingerprint density at radius 2 is 1.48 bits per heavy atom. The Bertz CT molecular complexity index is 652. The van der Waals surface area contributed by atoms with Crippen LogP contribution in [0.15, 0.2) is 79.0 Å². The Hall–Kier alpha value is -2.28. The molecule has 2 aromatic rings. The van der Waals surface area contributed by atoms with Crippen LogP contribution in [-0.4, -0.2) is 18.0 Å². The molecule has 1 heteroatoms. The van der Waals surface area contributed by atoms with Gasteiger partial charge in [-0.25, -0.2) is 0 Å². The highest BCUT2D eigenvalue weighted by Crippen LogP contribution is 2.30. The minimum Gasteiger partial charge on any atom is -0.371 e. The van der Waals surface area contributed by atoms with E-state index in [4.69, 9.17) is 0 Å². The zero-order valence-corrected chi connectivity index (χ0v) is 14.5. The van der Waals surface area contributed by atoms with Crippen molar-refractivity contribution < 1.29 is 0 Å². The van der Waals surface area contributed by atoms with E-state index < -0.39 is 0 Å². The third-order valence-electron chi connectivity index (χ3n) is 4.40. The summed E-state index contributed by atoms with van der Waals surface area (Å²) in [6, 6.07) is 19.9. The Morgan fingerprint density at radius 3 is 2.00 bits per heavy atom. The molecule has 0 amide bonds. The first-order valence-electron chi connectivity index (χ1n) is 8.39. The van der Waals surface area contributed by atoms with Crippen LogP contribution in [0.3, 0.4) is 0 Å². The first-order chi connectivity index (χ1) is 11.1. The Labute approximate surface area is 141 Å². The number of nitrogens with zero attached hydrogens (tertiary/aromatic N) is 1. The van der Waals surface area contributed by atoms with Gasteiger partial charge in [-0.1, -0.05) is 81.6 Å². The van der Waals surface area contributed by atoms with Crippen LogP contribution < -0.4 is 0 Å². The second-order valence-electron chi connectivity index (χ2n) is 5.79. The van der Waals surface area contributed by atoms with Crippen molar-refractivity contribution in [2.45, 2.75) is 32.7 Å². The van der Waals surface area contributed by atoms with Crippen LogP contribution in [0.4, 0.5) is 0 Å². The zero-order chi connectivity index (χ0) is 16.8. The lowest BCUT2D eigenvalue weighted by atomic mass is 9.99. The predicted octanol–water partition coefficient (Wildman–Crippen LogP) is 5.70. The Kier molecular flexibility index (Phi) is 5.81. The summed E-state index contributed by atoms with van der Waals surface area (Å²) >= 11 is 0. The molecule has 1 heterocycles. The van der Waals surface area contributed by atoms with E-state index in [1.807, 2.05) is 19.9 Å². The van der Waals surface area contributed by atoms with Gasteiger partial charge < -0.3 is 4.90 Å². The third kappa shape index (κ3) is 3.92. The summed E-state index contributed by atoms with van der Waals surface area (Å²) in [7, 11) is 2.11. The Balaban J connectivity index is 0.000000924. The van der Waals surface area contributed by atoms with Gasteiger partial charge in [0.15, 0.2) is 0 Å². The Morgan fingerprint density at radius 1 is 0.913 bits per heavy atom. The van der Waals surface area contributed by atoms with E-state index in [1.54, 1.807) is 0 Å². The van der Waals surface area contributed by atoms with E-state index in [9.17, 15) is 0 Å². The number of allylic oxidation sites excluding steroid dienone is 1. The molecule has 0 N–H and O–H groups in total. The molecule has 3 rings (SSSR count). The minimum atomic E-state index is 0.493. The van der Waals surface area contributed by atoms with Crippen molar-refractivity contribution >= 4 is 0 Å². The van der Waals surface area contributed by atoms with E-state index in [1.165, 1.54) is 22.3 Å². The number of rotatable bonds is 3. The summed E-state index contributed by atoms with van der Waals surface area (Å²) < 4.78 is 0. The maximum Gasteiger partial charge on any atom is 0.0367 e. The SMILES string of the molecule is C=C1CC(Cc2ccc(-c3ccccc3)cc2)N(C)C1=C.CC. The van der Waals surface area contributed by atoms with Crippen LogP contribution in [0.1, 0.15) is 25.8 Å². The van der Waals surface area contributed by atoms with Gasteiger partial charge in [-0.05, 0) is 35.1 Å². The first kappa shape index (κ1) is 17.1. The van der Waals surface area contributed by atoms with Crippen molar-refractivity contribution in [2.75, 3.05) is 7.05 Å². The van der Waals surface area contributed by atoms with E-state index in [2.05, 4.69) is 73.6 Å². The monoisotopic (exact) mass is 305 g/mol. The van der Waals surface area contributed by atoms with Gasteiger partial charge in [0.1, 0.15) is 0 Å². The van der Waals surface area contributed by atoms with Gasteiger partial charge in [0.2, 0.25) is 0 Å². The summed E-state index contributed by atoms with van der Waals surface area (Å²) in [5.74, 6) is 0. The van der Waals surface area contributed by atoms with E-state index in [-0.39, 0.29) is 0 Å². The number of hydrogen-bond donors (Lipinski definition) is 0. The van der Waals surface area contributed by atoms with Gasteiger partial charge in [0, 0.05) is 18.8 Å². The summed E-state index contributed by atoms with van der Waals surface area (Å²) in [5, 5.41) is 0. The molecule has 1 saturated heterocycles. The second-order valence-corrected chi connectivity index (χ2v) is 5.79. The number of likely N-dealkylation sites (tertiary alicyclic amines) is 1. The van der Waals surface area contributed by atoms with Gasteiger partial charge in [-0.2, -0.15) is 0 Å². The molecule has 23 heavy (non-hydrogen) atoms. The standard InChI is InChI=1S/C20H21N.C2H6/c1-15-13-20(21(3)16(15)2)14-17-9-11-19(12-10-17)18-7-5-4-6-8-18;1-2/h4-12,20H,1-2,13-14H2,3H3;1-2H3. The van der Waals surface area contributed by atoms with Gasteiger partial charge in [-0.3, -0.25) is 0 Å². The van der Waals surface area contributed by atoms with Crippen LogP contribution >= 0.6 is 0 Å². The molecule has 1 aliphatic heterocycles. The molecule has 1 aliphatic rings. The van der Waals surface area contributed by atoms with Gasteiger partial charge in [0.25, 0.3) is 0 Å². The van der Waals surface area contributed by atoms with Gasteiger partial charge in [0.05, 0.1) is 0 Å². The number of hydrogen-bond acceptors (Lipinski definition) is 1. The molecular formula is C22H27N. The van der Waals surface area contributed by atoms with Crippen LogP contribution in [0.2, 0.25) is 0 Å². The molecular weight excluding hydrogens is 278 g/mol. The number of benzene rings is 2. The van der Waals surface area contributed by atoms with Crippen molar-refractivity contribution in [2.24, 2.45) is 0 Å². The maximum absolute atomic E-state index is 4.09. The molecule has 1 atom stereocenters. The van der Waals surface area contributed by atoms with E-state index >= 15 is 0 Å². The van der Waals surface area contributed by atoms with Crippen LogP contribution in [0.5, 0.6) is 0 Å². The van der Waals surface area contributed by atoms with Crippen LogP contribution in [0.25, 0.3) is 11.1 Å². The average Bonchev–Trinajstić information content (AvgIpc) is 2.85. The van der Waals surface area contributed by atoms with Crippen LogP contribution in [0, 0.1) is 0 Å². The minimum absolute atomic E-state index is 0.493. The first-order valence-corrected chi connectivity index (χ1v) is 8.39. The summed E-state index contributed by atoms with van der Waals surface area (Å²) in [6.45, 7) is 12.2. The molecule has 1 fully saturated rings.